The second-order valence-corrected chi connectivity index (χ2v) is 4.36. The molecular weight excluding hydrogens is 238 g/mol. The number of imide groups is 1. The second-order valence-electron chi connectivity index (χ2n) is 3.38. The molecule has 17 heavy (non-hydrogen) atoms. The van der Waals surface area contributed by atoms with Gasteiger partial charge in [-0.1, -0.05) is 18.2 Å². The number of benzene rings is 1. The molecule has 1 aromatic rings. The average molecular weight is 253 g/mol. The monoisotopic (exact) mass is 253 g/mol. The van der Waals surface area contributed by atoms with E-state index >= 15 is 0 Å². The number of thioether (sulfide) groups is 1. The molecule has 0 heterocycles. The highest BCUT2D eigenvalue weighted by atomic mass is 32.2. The van der Waals surface area contributed by atoms with E-state index in [0.717, 1.165) is 16.4 Å². The molecule has 0 bridgehead atoms. The maximum atomic E-state index is 12.0. The van der Waals surface area contributed by atoms with Gasteiger partial charge in [-0.25, -0.2) is 0 Å². The van der Waals surface area contributed by atoms with Crippen molar-refractivity contribution in [2.45, 2.75) is 6.92 Å². The molecule has 1 rings (SSSR count). The number of rotatable bonds is 6. The standard InChI is InChI=1S/C12H15NO3S/c1-10-5-3-4-6-11(10)12(15)13(9-14)16-7-8-17-2/h3-6,9H,7-8H2,1-2H3. The van der Waals surface area contributed by atoms with Crippen LogP contribution in [-0.2, 0) is 9.63 Å². The van der Waals surface area contributed by atoms with Gasteiger partial charge in [0.15, 0.2) is 0 Å². The summed E-state index contributed by atoms with van der Waals surface area (Å²) >= 11 is 1.59. The topological polar surface area (TPSA) is 46.6 Å². The summed E-state index contributed by atoms with van der Waals surface area (Å²) in [4.78, 5) is 27.9. The summed E-state index contributed by atoms with van der Waals surface area (Å²) < 4.78 is 0. The Kier molecular flexibility index (Phi) is 5.72. The fourth-order valence-corrected chi connectivity index (χ4v) is 1.53. The lowest BCUT2D eigenvalue weighted by Crippen LogP contribution is -2.31. The lowest BCUT2D eigenvalue weighted by molar-refractivity contribution is -0.153. The molecule has 5 heteroatoms. The summed E-state index contributed by atoms with van der Waals surface area (Å²) in [6, 6.07) is 7.08. The molecular formula is C12H15NO3S. The van der Waals surface area contributed by atoms with Crippen LogP contribution in [-0.4, -0.2) is 36.0 Å². The zero-order valence-electron chi connectivity index (χ0n) is 9.88. The fourth-order valence-electron chi connectivity index (χ4n) is 1.29. The van der Waals surface area contributed by atoms with E-state index in [1.165, 1.54) is 0 Å². The molecule has 0 atom stereocenters. The van der Waals surface area contributed by atoms with Gasteiger partial charge >= 0.3 is 0 Å². The minimum absolute atomic E-state index is 0.331. The molecule has 0 aliphatic carbocycles. The first-order chi connectivity index (χ1) is 8.20. The Labute approximate surface area is 105 Å². The van der Waals surface area contributed by atoms with Gasteiger partial charge in [0.25, 0.3) is 5.91 Å². The number of nitrogens with zero attached hydrogens (tertiary/aromatic N) is 1. The summed E-state index contributed by atoms with van der Waals surface area (Å²) in [5.74, 6) is 0.296. The summed E-state index contributed by atoms with van der Waals surface area (Å²) in [6.07, 6.45) is 2.33. The van der Waals surface area contributed by atoms with Crippen LogP contribution in [0, 0.1) is 6.92 Å². The van der Waals surface area contributed by atoms with Crippen LogP contribution in [0.1, 0.15) is 15.9 Å². The number of hydrogen-bond donors (Lipinski definition) is 0. The Bertz CT molecular complexity index is 395. The van der Waals surface area contributed by atoms with Gasteiger partial charge in [-0.2, -0.15) is 16.8 Å². The highest BCUT2D eigenvalue weighted by molar-refractivity contribution is 7.98. The number of aryl methyl sites for hydroxylation is 1. The van der Waals surface area contributed by atoms with Gasteiger partial charge < -0.3 is 0 Å². The van der Waals surface area contributed by atoms with Crippen molar-refractivity contribution in [1.82, 2.24) is 5.06 Å². The third-order valence-corrected chi connectivity index (χ3v) is 2.76. The van der Waals surface area contributed by atoms with Crippen LogP contribution in [0.3, 0.4) is 0 Å². The first-order valence-corrected chi connectivity index (χ1v) is 6.56. The fraction of sp³-hybridized carbons (Fsp3) is 0.333. The molecule has 0 aliphatic heterocycles. The lowest BCUT2D eigenvalue weighted by atomic mass is 10.1. The molecule has 2 amide bonds. The third kappa shape index (κ3) is 3.87. The molecule has 0 radical (unpaired) electrons. The molecule has 0 fully saturated rings. The van der Waals surface area contributed by atoms with Crippen molar-refractivity contribution in [3.8, 4) is 0 Å². The van der Waals surface area contributed by atoms with Crippen molar-refractivity contribution in [2.75, 3.05) is 18.6 Å². The van der Waals surface area contributed by atoms with Gasteiger partial charge in [-0.15, -0.1) is 0 Å². The molecule has 92 valence electrons. The summed E-state index contributed by atoms with van der Waals surface area (Å²) in [5.41, 5.74) is 1.29. The smallest absolute Gasteiger partial charge is 0.276 e. The van der Waals surface area contributed by atoms with Crippen molar-refractivity contribution in [1.29, 1.82) is 0 Å². The zero-order valence-corrected chi connectivity index (χ0v) is 10.7. The first kappa shape index (κ1) is 13.7. The van der Waals surface area contributed by atoms with Gasteiger partial charge in [-0.05, 0) is 24.8 Å². The van der Waals surface area contributed by atoms with E-state index < -0.39 is 5.91 Å². The molecule has 0 saturated heterocycles. The molecule has 4 nitrogen and oxygen atoms in total. The Balaban J connectivity index is 2.72. The SMILES string of the molecule is CSCCON(C=O)C(=O)c1ccccc1C. The molecule has 0 saturated carbocycles. The molecule has 0 spiro atoms. The summed E-state index contributed by atoms with van der Waals surface area (Å²) in [5, 5.41) is 0.749. The third-order valence-electron chi connectivity index (χ3n) is 2.19. The molecule has 0 unspecified atom stereocenters. The quantitative estimate of drug-likeness (QED) is 0.441. The zero-order chi connectivity index (χ0) is 12.7. The highest BCUT2D eigenvalue weighted by Crippen LogP contribution is 2.10. The van der Waals surface area contributed by atoms with Crippen LogP contribution in [0.5, 0.6) is 0 Å². The van der Waals surface area contributed by atoms with Gasteiger partial charge in [-0.3, -0.25) is 14.4 Å². The Morgan fingerprint density at radius 3 is 2.76 bits per heavy atom. The van der Waals surface area contributed by atoms with Crippen LogP contribution in [0.2, 0.25) is 0 Å². The maximum absolute atomic E-state index is 12.0. The number of amides is 2. The van der Waals surface area contributed by atoms with Crippen LogP contribution in [0.4, 0.5) is 0 Å². The van der Waals surface area contributed by atoms with E-state index in [0.29, 0.717) is 18.6 Å². The van der Waals surface area contributed by atoms with Gasteiger partial charge in [0.05, 0.1) is 6.61 Å². The normalized spacial score (nSPS) is 10.0. The van der Waals surface area contributed by atoms with Crippen LogP contribution in [0.25, 0.3) is 0 Å². The number of carbonyl (C=O) groups is 2. The number of hydroxylamine groups is 2. The van der Waals surface area contributed by atoms with Crippen molar-refractivity contribution >= 4 is 24.1 Å². The summed E-state index contributed by atoms with van der Waals surface area (Å²) in [7, 11) is 0. The van der Waals surface area contributed by atoms with Crippen LogP contribution < -0.4 is 0 Å². The van der Waals surface area contributed by atoms with Crippen molar-refractivity contribution in [3.63, 3.8) is 0 Å². The van der Waals surface area contributed by atoms with E-state index in [2.05, 4.69) is 0 Å². The van der Waals surface area contributed by atoms with E-state index in [4.69, 9.17) is 4.84 Å². The van der Waals surface area contributed by atoms with E-state index in [9.17, 15) is 9.59 Å². The van der Waals surface area contributed by atoms with Crippen molar-refractivity contribution in [3.05, 3.63) is 35.4 Å². The molecule has 0 N–H and O–H groups in total. The minimum Gasteiger partial charge on any atom is -0.276 e. The van der Waals surface area contributed by atoms with E-state index in [1.54, 1.807) is 23.9 Å². The largest absolute Gasteiger partial charge is 0.284 e. The van der Waals surface area contributed by atoms with Crippen molar-refractivity contribution in [2.24, 2.45) is 0 Å². The second kappa shape index (κ2) is 7.09. The summed E-state index contributed by atoms with van der Waals surface area (Å²) in [6.45, 7) is 2.15. The molecule has 1 aromatic carbocycles. The predicted molar refractivity (Wildman–Crippen MR) is 67.7 cm³/mol. The van der Waals surface area contributed by atoms with Gasteiger partial charge in [0, 0.05) is 11.3 Å². The average Bonchev–Trinajstić information content (AvgIpc) is 2.35. The number of hydrogen-bond acceptors (Lipinski definition) is 4. The minimum atomic E-state index is -0.431. The number of carbonyl (C=O) groups excluding carboxylic acids is 2. The Morgan fingerprint density at radius 1 is 1.47 bits per heavy atom. The van der Waals surface area contributed by atoms with Crippen LogP contribution >= 0.6 is 11.8 Å². The highest BCUT2D eigenvalue weighted by Gasteiger charge is 2.17. The Hall–Kier alpha value is -1.33. The Morgan fingerprint density at radius 2 is 2.18 bits per heavy atom. The van der Waals surface area contributed by atoms with Gasteiger partial charge in [0.1, 0.15) is 0 Å². The van der Waals surface area contributed by atoms with Gasteiger partial charge in [0.2, 0.25) is 6.41 Å². The first-order valence-electron chi connectivity index (χ1n) is 5.17. The van der Waals surface area contributed by atoms with E-state index in [-0.39, 0.29) is 0 Å². The predicted octanol–water partition coefficient (Wildman–Crippen LogP) is 1.89. The molecule has 0 aromatic heterocycles. The molecule has 0 aliphatic rings. The van der Waals surface area contributed by atoms with Crippen molar-refractivity contribution < 1.29 is 14.4 Å². The lowest BCUT2D eigenvalue weighted by Gasteiger charge is -2.15. The maximum Gasteiger partial charge on any atom is 0.284 e. The van der Waals surface area contributed by atoms with Crippen LogP contribution in [0.15, 0.2) is 24.3 Å². The van der Waals surface area contributed by atoms with E-state index in [1.807, 2.05) is 25.3 Å².